The van der Waals surface area contributed by atoms with E-state index in [9.17, 15) is 4.79 Å². The Kier molecular flexibility index (Phi) is 6.02. The predicted octanol–water partition coefficient (Wildman–Crippen LogP) is 4.03. The first kappa shape index (κ1) is 17.6. The van der Waals surface area contributed by atoms with Crippen LogP contribution in [0.4, 0.5) is 0 Å². The molecule has 1 aromatic heterocycles. The summed E-state index contributed by atoms with van der Waals surface area (Å²) in [5.41, 5.74) is 0.630. The Morgan fingerprint density at radius 3 is 2.62 bits per heavy atom. The van der Waals surface area contributed by atoms with Crippen molar-refractivity contribution >= 4 is 40.6 Å². The minimum Gasteiger partial charge on any atom is -0.486 e. The van der Waals surface area contributed by atoms with Crippen LogP contribution in [0, 0.1) is 5.92 Å². The summed E-state index contributed by atoms with van der Waals surface area (Å²) in [6, 6.07) is 5.32. The first-order valence-corrected chi connectivity index (χ1v) is 10.4. The third kappa shape index (κ3) is 4.64. The van der Waals surface area contributed by atoms with E-state index in [1.165, 1.54) is 11.8 Å². The number of carbonyl (C=O) groups excluding carboxylic acids is 1. The molecule has 0 amide bonds. The van der Waals surface area contributed by atoms with E-state index in [-0.39, 0.29) is 5.78 Å². The van der Waals surface area contributed by atoms with Gasteiger partial charge in [0.15, 0.2) is 26.0 Å². The SMILES string of the molecule is CC(C)CSc1nnc(SCC(=O)c2ccc3c(c2)OCCO3)s1. The van der Waals surface area contributed by atoms with Gasteiger partial charge in [0, 0.05) is 11.3 Å². The summed E-state index contributed by atoms with van der Waals surface area (Å²) in [6.07, 6.45) is 0. The minimum atomic E-state index is 0.0450. The Morgan fingerprint density at radius 2 is 1.88 bits per heavy atom. The molecule has 0 fully saturated rings. The second-order valence-corrected chi connectivity index (χ2v) is 9.08. The molecule has 128 valence electrons. The number of hydrogen-bond acceptors (Lipinski definition) is 8. The van der Waals surface area contributed by atoms with Gasteiger partial charge in [-0.3, -0.25) is 4.79 Å². The molecule has 0 spiro atoms. The second kappa shape index (κ2) is 8.22. The van der Waals surface area contributed by atoms with Crippen molar-refractivity contribution in [1.82, 2.24) is 10.2 Å². The van der Waals surface area contributed by atoms with Gasteiger partial charge in [0.05, 0.1) is 5.75 Å². The van der Waals surface area contributed by atoms with Gasteiger partial charge in [0.2, 0.25) is 0 Å². The Bertz CT molecular complexity index is 718. The number of nitrogens with zero attached hydrogens (tertiary/aromatic N) is 2. The lowest BCUT2D eigenvalue weighted by Crippen LogP contribution is -2.16. The number of benzene rings is 1. The highest BCUT2D eigenvalue weighted by atomic mass is 32.2. The zero-order valence-electron chi connectivity index (χ0n) is 13.5. The monoisotopic (exact) mass is 382 g/mol. The van der Waals surface area contributed by atoms with Crippen molar-refractivity contribution < 1.29 is 14.3 Å². The Hall–Kier alpha value is -1.25. The fraction of sp³-hybridized carbons (Fsp3) is 0.438. The topological polar surface area (TPSA) is 61.3 Å². The molecule has 0 bridgehead atoms. The maximum Gasteiger partial charge on any atom is 0.175 e. The lowest BCUT2D eigenvalue weighted by Gasteiger charge is -2.18. The molecular formula is C16H18N2O3S3. The maximum atomic E-state index is 12.4. The van der Waals surface area contributed by atoms with Gasteiger partial charge < -0.3 is 9.47 Å². The van der Waals surface area contributed by atoms with Crippen LogP contribution < -0.4 is 9.47 Å². The molecule has 3 rings (SSSR count). The minimum absolute atomic E-state index is 0.0450. The number of hydrogen-bond donors (Lipinski definition) is 0. The van der Waals surface area contributed by atoms with Gasteiger partial charge in [0.25, 0.3) is 0 Å². The molecule has 0 aliphatic carbocycles. The predicted molar refractivity (Wildman–Crippen MR) is 98.0 cm³/mol. The van der Waals surface area contributed by atoms with Crippen molar-refractivity contribution in [3.05, 3.63) is 23.8 Å². The van der Waals surface area contributed by atoms with Crippen LogP contribution in [-0.2, 0) is 0 Å². The normalized spacial score (nSPS) is 13.3. The number of carbonyl (C=O) groups is 1. The Balaban J connectivity index is 1.55. The quantitative estimate of drug-likeness (QED) is 0.529. The number of aromatic nitrogens is 2. The molecule has 2 aromatic rings. The van der Waals surface area contributed by atoms with Crippen molar-refractivity contribution in [2.24, 2.45) is 5.92 Å². The van der Waals surface area contributed by atoms with Crippen LogP contribution >= 0.6 is 34.9 Å². The highest BCUT2D eigenvalue weighted by molar-refractivity contribution is 8.03. The Labute approximate surface area is 153 Å². The highest BCUT2D eigenvalue weighted by Gasteiger charge is 2.16. The molecule has 1 aliphatic rings. The van der Waals surface area contributed by atoms with Crippen molar-refractivity contribution in [3.63, 3.8) is 0 Å². The first-order chi connectivity index (χ1) is 11.6. The van der Waals surface area contributed by atoms with Gasteiger partial charge in [-0.25, -0.2) is 0 Å². The third-order valence-electron chi connectivity index (χ3n) is 3.12. The van der Waals surface area contributed by atoms with Crippen molar-refractivity contribution in [2.45, 2.75) is 22.5 Å². The average molecular weight is 383 g/mol. The molecule has 8 heteroatoms. The van der Waals surface area contributed by atoms with E-state index in [1.807, 2.05) is 0 Å². The first-order valence-electron chi connectivity index (χ1n) is 7.64. The van der Waals surface area contributed by atoms with Gasteiger partial charge >= 0.3 is 0 Å². The molecule has 0 saturated carbocycles. The number of ether oxygens (including phenoxy) is 2. The summed E-state index contributed by atoms with van der Waals surface area (Å²) >= 11 is 4.68. The van der Waals surface area contributed by atoms with Crippen molar-refractivity contribution in [3.8, 4) is 11.5 Å². The molecule has 24 heavy (non-hydrogen) atoms. The number of fused-ring (bicyclic) bond motifs is 1. The standard InChI is InChI=1S/C16H18N2O3S3/c1-10(2)8-22-15-17-18-16(24-15)23-9-12(19)11-3-4-13-14(7-11)21-6-5-20-13/h3-4,7,10H,5-6,8-9H2,1-2H3. The van der Waals surface area contributed by atoms with E-state index < -0.39 is 0 Å². The van der Waals surface area contributed by atoms with Crippen molar-refractivity contribution in [2.75, 3.05) is 24.7 Å². The van der Waals surface area contributed by atoms with Crippen LogP contribution in [0.5, 0.6) is 11.5 Å². The van der Waals surface area contributed by atoms with Crippen LogP contribution in [0.15, 0.2) is 26.9 Å². The van der Waals surface area contributed by atoms with Crippen molar-refractivity contribution in [1.29, 1.82) is 0 Å². The molecule has 5 nitrogen and oxygen atoms in total. The summed E-state index contributed by atoms with van der Waals surface area (Å²) in [4.78, 5) is 12.4. The van der Waals surface area contributed by atoms with E-state index in [1.54, 1.807) is 41.3 Å². The zero-order chi connectivity index (χ0) is 16.9. The lowest BCUT2D eigenvalue weighted by molar-refractivity contribution is 0.102. The molecule has 1 aromatic carbocycles. The van der Waals surface area contributed by atoms with Crippen LogP contribution in [0.3, 0.4) is 0 Å². The molecule has 1 aliphatic heterocycles. The van der Waals surface area contributed by atoms with E-state index in [0.29, 0.717) is 41.9 Å². The van der Waals surface area contributed by atoms with E-state index in [4.69, 9.17) is 9.47 Å². The molecule has 0 unspecified atom stereocenters. The maximum absolute atomic E-state index is 12.4. The second-order valence-electron chi connectivity index (χ2n) is 5.61. The Morgan fingerprint density at radius 1 is 1.17 bits per heavy atom. The largest absolute Gasteiger partial charge is 0.486 e. The van der Waals surface area contributed by atoms with E-state index >= 15 is 0 Å². The third-order valence-corrected chi connectivity index (χ3v) is 6.74. The summed E-state index contributed by atoms with van der Waals surface area (Å²) < 4.78 is 12.8. The fourth-order valence-corrected chi connectivity index (χ4v) is 4.87. The molecule has 0 N–H and O–H groups in total. The van der Waals surface area contributed by atoms with Gasteiger partial charge in [-0.2, -0.15) is 0 Å². The van der Waals surface area contributed by atoms with E-state index in [2.05, 4.69) is 24.0 Å². The molecule has 0 radical (unpaired) electrons. The fourth-order valence-electron chi connectivity index (χ4n) is 1.98. The van der Waals surface area contributed by atoms with Gasteiger partial charge in [-0.05, 0) is 24.1 Å². The van der Waals surface area contributed by atoms with Crippen LogP contribution in [-0.4, -0.2) is 40.7 Å². The molecule has 0 saturated heterocycles. The van der Waals surface area contributed by atoms with E-state index in [0.717, 1.165) is 14.4 Å². The summed E-state index contributed by atoms with van der Waals surface area (Å²) in [7, 11) is 0. The van der Waals surface area contributed by atoms with Gasteiger partial charge in [-0.1, -0.05) is 48.7 Å². The number of ketones is 1. The average Bonchev–Trinajstić information content (AvgIpc) is 3.05. The summed E-state index contributed by atoms with van der Waals surface area (Å²) in [5.74, 6) is 3.36. The zero-order valence-corrected chi connectivity index (χ0v) is 15.9. The summed E-state index contributed by atoms with van der Waals surface area (Å²) in [6.45, 7) is 5.41. The van der Waals surface area contributed by atoms with Crippen LogP contribution in [0.25, 0.3) is 0 Å². The van der Waals surface area contributed by atoms with Gasteiger partial charge in [0.1, 0.15) is 13.2 Å². The molecule has 2 heterocycles. The molecule has 0 atom stereocenters. The summed E-state index contributed by atoms with van der Waals surface area (Å²) in [5, 5.41) is 8.30. The molecular weight excluding hydrogens is 364 g/mol. The lowest BCUT2D eigenvalue weighted by atomic mass is 10.1. The number of Topliss-reactive ketones (excluding diaryl/α,β-unsaturated/α-hetero) is 1. The smallest absolute Gasteiger partial charge is 0.175 e. The number of thioether (sulfide) groups is 2. The number of rotatable bonds is 7. The van der Waals surface area contributed by atoms with Crippen LogP contribution in [0.1, 0.15) is 24.2 Å². The highest BCUT2D eigenvalue weighted by Crippen LogP contribution is 2.32. The van der Waals surface area contributed by atoms with Gasteiger partial charge in [-0.15, -0.1) is 10.2 Å². The van der Waals surface area contributed by atoms with Crippen LogP contribution in [0.2, 0.25) is 0 Å².